The van der Waals surface area contributed by atoms with Crippen LogP contribution >= 0.6 is 0 Å². The van der Waals surface area contributed by atoms with Crippen LogP contribution in [0.5, 0.6) is 0 Å². The summed E-state index contributed by atoms with van der Waals surface area (Å²) in [5.41, 5.74) is -0.0327. The van der Waals surface area contributed by atoms with E-state index >= 15 is 0 Å². The summed E-state index contributed by atoms with van der Waals surface area (Å²) in [4.78, 5) is 14.6. The second kappa shape index (κ2) is 4.02. The third-order valence-corrected chi connectivity index (χ3v) is 6.97. The smallest absolute Gasteiger partial charge is 0.220 e. The number of epoxide rings is 1. The Labute approximate surface area is 126 Å². The Hall–Kier alpha value is -0.610. The number of piperidine rings is 1. The van der Waals surface area contributed by atoms with E-state index in [1.165, 1.54) is 38.5 Å². The van der Waals surface area contributed by atoms with Gasteiger partial charge in [-0.3, -0.25) is 4.79 Å². The molecule has 4 heteroatoms. The zero-order chi connectivity index (χ0) is 14.2. The minimum Gasteiger partial charge on any atom is -0.364 e. The van der Waals surface area contributed by atoms with Crippen molar-refractivity contribution in [2.24, 2.45) is 5.92 Å². The molecule has 1 amide bonds. The highest BCUT2D eigenvalue weighted by Gasteiger charge is 2.76. The van der Waals surface area contributed by atoms with E-state index in [4.69, 9.17) is 9.47 Å². The van der Waals surface area contributed by atoms with E-state index in [1.807, 2.05) is 0 Å². The van der Waals surface area contributed by atoms with Crippen LogP contribution < -0.4 is 0 Å². The lowest BCUT2D eigenvalue weighted by molar-refractivity contribution is -0.164. The average Bonchev–Trinajstić information content (AvgIpc) is 3.17. The van der Waals surface area contributed by atoms with Crippen LogP contribution in [-0.4, -0.2) is 46.8 Å². The average molecular weight is 291 g/mol. The van der Waals surface area contributed by atoms with Gasteiger partial charge in [0.2, 0.25) is 5.91 Å². The summed E-state index contributed by atoms with van der Waals surface area (Å²) < 4.78 is 12.2. The van der Waals surface area contributed by atoms with Crippen molar-refractivity contribution in [2.75, 3.05) is 6.54 Å². The summed E-state index contributed by atoms with van der Waals surface area (Å²) in [5.74, 6) is 0.848. The van der Waals surface area contributed by atoms with Gasteiger partial charge in [-0.05, 0) is 31.6 Å². The lowest BCUT2D eigenvalue weighted by Crippen LogP contribution is -2.65. The molecule has 0 aromatic heterocycles. The van der Waals surface area contributed by atoms with Crippen LogP contribution in [0.4, 0.5) is 0 Å². The van der Waals surface area contributed by atoms with Crippen LogP contribution in [0.15, 0.2) is 0 Å². The fourth-order valence-electron chi connectivity index (χ4n) is 6.01. The molecule has 5 aliphatic rings. The SMILES string of the molecule is CC(=O)N1C[C@@]23O[C@@H](C[C@H]2CC12CCCCCC2)[C@@H]1O[C@H]13. The van der Waals surface area contributed by atoms with Crippen molar-refractivity contribution in [3.05, 3.63) is 0 Å². The number of fused-ring (bicyclic) bond motifs is 3. The van der Waals surface area contributed by atoms with Crippen molar-refractivity contribution in [3.63, 3.8) is 0 Å². The monoisotopic (exact) mass is 291 g/mol. The molecule has 4 nitrogen and oxygen atoms in total. The summed E-state index contributed by atoms with van der Waals surface area (Å²) in [6.07, 6.45) is 10.8. The first-order valence-electron chi connectivity index (χ1n) is 8.76. The van der Waals surface area contributed by atoms with Gasteiger partial charge in [-0.15, -0.1) is 0 Å². The summed E-state index contributed by atoms with van der Waals surface area (Å²) in [5, 5.41) is 0. The topological polar surface area (TPSA) is 42.1 Å². The van der Waals surface area contributed by atoms with Crippen LogP contribution in [0.2, 0.25) is 0 Å². The van der Waals surface area contributed by atoms with E-state index in [9.17, 15) is 4.79 Å². The van der Waals surface area contributed by atoms with Crippen LogP contribution in [0.1, 0.15) is 58.3 Å². The molecule has 4 heterocycles. The minimum absolute atomic E-state index is 0.122. The number of hydrogen-bond acceptors (Lipinski definition) is 3. The molecule has 5 atom stereocenters. The molecule has 4 aliphatic heterocycles. The summed E-state index contributed by atoms with van der Waals surface area (Å²) in [6.45, 7) is 2.53. The molecule has 116 valence electrons. The number of ether oxygens (including phenoxy) is 2. The number of likely N-dealkylation sites (tertiary alicyclic amines) is 1. The van der Waals surface area contributed by atoms with E-state index in [-0.39, 0.29) is 23.2 Å². The summed E-state index contributed by atoms with van der Waals surface area (Å²) in [6, 6.07) is 0. The maximum Gasteiger partial charge on any atom is 0.220 e. The first-order chi connectivity index (χ1) is 10.1. The quantitative estimate of drug-likeness (QED) is 0.643. The lowest BCUT2D eigenvalue weighted by Gasteiger charge is -2.54. The largest absolute Gasteiger partial charge is 0.364 e. The van der Waals surface area contributed by atoms with E-state index in [2.05, 4.69) is 4.90 Å². The third kappa shape index (κ3) is 1.56. The van der Waals surface area contributed by atoms with Crippen LogP contribution in [0.3, 0.4) is 0 Å². The molecule has 0 aromatic carbocycles. The zero-order valence-electron chi connectivity index (χ0n) is 12.8. The number of nitrogens with zero attached hydrogens (tertiary/aromatic N) is 1. The molecule has 21 heavy (non-hydrogen) atoms. The second-order valence-electron chi connectivity index (χ2n) is 8.01. The van der Waals surface area contributed by atoms with E-state index in [0.29, 0.717) is 18.1 Å². The van der Waals surface area contributed by atoms with E-state index < -0.39 is 0 Å². The van der Waals surface area contributed by atoms with Gasteiger partial charge in [0.05, 0.1) is 12.6 Å². The summed E-state index contributed by atoms with van der Waals surface area (Å²) in [7, 11) is 0. The molecule has 1 aliphatic carbocycles. The Morgan fingerprint density at radius 3 is 2.62 bits per heavy atom. The standard InChI is InChI=1S/C17H25NO3/c1-11(19)18-10-17-12(8-13(21-17)14-15(17)20-14)9-16(18)6-4-2-3-5-7-16/h12-15H,2-10H2,1H3/t12-,13-,14-,15+,17+/m0/s1. The molecule has 0 aromatic rings. The number of amides is 1. The van der Waals surface area contributed by atoms with Gasteiger partial charge in [-0.25, -0.2) is 0 Å². The molecular weight excluding hydrogens is 266 g/mol. The van der Waals surface area contributed by atoms with Gasteiger partial charge in [-0.1, -0.05) is 25.7 Å². The normalized spacial score (nSPS) is 49.7. The zero-order valence-corrected chi connectivity index (χ0v) is 12.8. The molecule has 4 saturated heterocycles. The Morgan fingerprint density at radius 2 is 1.95 bits per heavy atom. The molecule has 0 unspecified atom stereocenters. The maximum absolute atomic E-state index is 12.4. The number of carbonyl (C=O) groups excluding carboxylic acids is 1. The Kier molecular flexibility index (Phi) is 2.47. The van der Waals surface area contributed by atoms with Gasteiger partial charge >= 0.3 is 0 Å². The van der Waals surface area contributed by atoms with Crippen molar-refractivity contribution in [1.29, 1.82) is 0 Å². The first-order valence-corrected chi connectivity index (χ1v) is 8.76. The molecule has 2 bridgehead atoms. The van der Waals surface area contributed by atoms with E-state index in [0.717, 1.165) is 19.4 Å². The Balaban J connectivity index is 1.51. The predicted octanol–water partition coefficient (Wildman–Crippen LogP) is 2.26. The van der Waals surface area contributed by atoms with Crippen molar-refractivity contribution in [2.45, 2.75) is 87.7 Å². The van der Waals surface area contributed by atoms with E-state index in [1.54, 1.807) is 6.92 Å². The van der Waals surface area contributed by atoms with Crippen molar-refractivity contribution < 1.29 is 14.3 Å². The Morgan fingerprint density at radius 1 is 1.19 bits per heavy atom. The summed E-state index contributed by atoms with van der Waals surface area (Å²) >= 11 is 0. The lowest BCUT2D eigenvalue weighted by atomic mass is 9.65. The van der Waals surface area contributed by atoms with Gasteiger partial charge < -0.3 is 14.4 Å². The molecule has 1 saturated carbocycles. The van der Waals surface area contributed by atoms with Gasteiger partial charge in [0.1, 0.15) is 17.8 Å². The van der Waals surface area contributed by atoms with Crippen LogP contribution in [0, 0.1) is 5.92 Å². The highest BCUT2D eigenvalue weighted by Crippen LogP contribution is 2.63. The number of hydrogen-bond donors (Lipinski definition) is 0. The van der Waals surface area contributed by atoms with Crippen molar-refractivity contribution in [1.82, 2.24) is 4.90 Å². The van der Waals surface area contributed by atoms with Gasteiger partial charge in [0.25, 0.3) is 0 Å². The number of carbonyl (C=O) groups is 1. The molecule has 2 spiro atoms. The van der Waals surface area contributed by atoms with Gasteiger partial charge in [-0.2, -0.15) is 0 Å². The first kappa shape index (κ1) is 12.9. The minimum atomic E-state index is -0.154. The highest BCUT2D eigenvalue weighted by molar-refractivity contribution is 5.74. The third-order valence-electron chi connectivity index (χ3n) is 6.97. The van der Waals surface area contributed by atoms with Gasteiger partial charge in [0, 0.05) is 12.5 Å². The molecule has 5 fully saturated rings. The Bertz CT molecular complexity index is 484. The van der Waals surface area contributed by atoms with Gasteiger partial charge in [0.15, 0.2) is 0 Å². The number of rotatable bonds is 0. The fourth-order valence-corrected chi connectivity index (χ4v) is 6.01. The predicted molar refractivity (Wildman–Crippen MR) is 76.8 cm³/mol. The van der Waals surface area contributed by atoms with Crippen molar-refractivity contribution in [3.8, 4) is 0 Å². The van der Waals surface area contributed by atoms with Crippen LogP contribution in [-0.2, 0) is 14.3 Å². The second-order valence-corrected chi connectivity index (χ2v) is 8.01. The van der Waals surface area contributed by atoms with Crippen LogP contribution in [0.25, 0.3) is 0 Å². The molecule has 0 radical (unpaired) electrons. The molecular formula is C17H25NO3. The molecule has 5 rings (SSSR count). The maximum atomic E-state index is 12.4. The highest BCUT2D eigenvalue weighted by atomic mass is 16.7. The van der Waals surface area contributed by atoms with Crippen molar-refractivity contribution >= 4 is 5.91 Å². The molecule has 0 N–H and O–H groups in total. The fraction of sp³-hybridized carbons (Fsp3) is 0.941.